The zero-order chi connectivity index (χ0) is 19.2. The topological polar surface area (TPSA) is 80.0 Å². The van der Waals surface area contributed by atoms with Crippen LogP contribution in [0.5, 0.6) is 0 Å². The molecule has 2 rings (SSSR count). The zero-order valence-corrected chi connectivity index (χ0v) is 20.1. The second kappa shape index (κ2) is 11.1. The van der Waals surface area contributed by atoms with E-state index in [1.807, 2.05) is 25.1 Å². The third-order valence-corrected chi connectivity index (χ3v) is 5.31. The molecule has 152 valence electrons. The second-order valence-electron chi connectivity index (χ2n) is 7.17. The first-order chi connectivity index (χ1) is 12.3. The van der Waals surface area contributed by atoms with Gasteiger partial charge in [0.2, 0.25) is 0 Å². The van der Waals surface area contributed by atoms with Crippen LogP contribution >= 0.6 is 39.9 Å². The molecule has 0 spiro atoms. The molecular weight excluding hydrogens is 523 g/mol. The largest absolute Gasteiger partial charge is 0.450 e. The third-order valence-electron chi connectivity index (χ3n) is 4.62. The van der Waals surface area contributed by atoms with Gasteiger partial charge in [-0.1, -0.05) is 48.0 Å². The van der Waals surface area contributed by atoms with Crippen LogP contribution in [0.2, 0.25) is 0 Å². The number of nitrogens with one attached hydrogen (secondary N) is 1. The molecular formula is C19H30BrIN4O2. The van der Waals surface area contributed by atoms with Gasteiger partial charge in [0, 0.05) is 29.0 Å². The zero-order valence-electron chi connectivity index (χ0n) is 16.2. The van der Waals surface area contributed by atoms with Crippen molar-refractivity contribution < 1.29 is 9.53 Å². The van der Waals surface area contributed by atoms with Crippen molar-refractivity contribution in [3.63, 3.8) is 0 Å². The molecule has 0 saturated carbocycles. The van der Waals surface area contributed by atoms with Crippen LogP contribution in [0.25, 0.3) is 0 Å². The van der Waals surface area contributed by atoms with Crippen LogP contribution in [-0.2, 0) is 10.2 Å². The highest BCUT2D eigenvalue weighted by Gasteiger charge is 2.25. The SMILES string of the molecule is CCOC(=O)N1CCC(NC(N)=NCC(C)(C)c2ccccc2Br)CC1.I. The summed E-state index contributed by atoms with van der Waals surface area (Å²) < 4.78 is 6.12. The van der Waals surface area contributed by atoms with E-state index >= 15 is 0 Å². The average Bonchev–Trinajstić information content (AvgIpc) is 2.61. The fourth-order valence-corrected chi connectivity index (χ4v) is 3.88. The molecule has 1 amide bonds. The molecule has 3 N–H and O–H groups in total. The number of aliphatic imine (C=N–C) groups is 1. The quantitative estimate of drug-likeness (QED) is 0.330. The molecule has 1 aromatic rings. The first-order valence-electron chi connectivity index (χ1n) is 9.06. The second-order valence-corrected chi connectivity index (χ2v) is 8.02. The maximum Gasteiger partial charge on any atom is 0.409 e. The highest BCUT2D eigenvalue weighted by atomic mass is 127. The molecule has 6 nitrogen and oxygen atoms in total. The van der Waals surface area contributed by atoms with Crippen LogP contribution in [0.4, 0.5) is 4.79 Å². The number of amides is 1. The smallest absolute Gasteiger partial charge is 0.409 e. The molecule has 1 saturated heterocycles. The van der Waals surface area contributed by atoms with Crippen LogP contribution in [-0.4, -0.2) is 49.2 Å². The number of rotatable bonds is 5. The van der Waals surface area contributed by atoms with Gasteiger partial charge in [0.15, 0.2) is 5.96 Å². The van der Waals surface area contributed by atoms with Crippen LogP contribution in [0.1, 0.15) is 39.2 Å². The van der Waals surface area contributed by atoms with Gasteiger partial charge in [-0.3, -0.25) is 4.99 Å². The lowest BCUT2D eigenvalue weighted by Crippen LogP contribution is -2.48. The highest BCUT2D eigenvalue weighted by Crippen LogP contribution is 2.30. The summed E-state index contributed by atoms with van der Waals surface area (Å²) in [5.74, 6) is 0.458. The highest BCUT2D eigenvalue weighted by molar-refractivity contribution is 14.0. The molecule has 0 unspecified atom stereocenters. The summed E-state index contributed by atoms with van der Waals surface area (Å²) >= 11 is 3.61. The molecule has 1 heterocycles. The predicted molar refractivity (Wildman–Crippen MR) is 124 cm³/mol. The lowest BCUT2D eigenvalue weighted by Gasteiger charge is -2.32. The van der Waals surface area contributed by atoms with Gasteiger partial charge in [0.1, 0.15) is 0 Å². The number of ether oxygens (including phenoxy) is 1. The molecule has 1 fully saturated rings. The number of nitrogens with zero attached hydrogens (tertiary/aromatic N) is 2. The third kappa shape index (κ3) is 7.14. The predicted octanol–water partition coefficient (Wildman–Crippen LogP) is 3.87. The maximum absolute atomic E-state index is 11.7. The van der Waals surface area contributed by atoms with E-state index in [-0.39, 0.29) is 41.5 Å². The van der Waals surface area contributed by atoms with Crippen molar-refractivity contribution in [3.05, 3.63) is 34.3 Å². The monoisotopic (exact) mass is 552 g/mol. The van der Waals surface area contributed by atoms with Gasteiger partial charge in [-0.15, -0.1) is 24.0 Å². The number of benzene rings is 1. The summed E-state index contributed by atoms with van der Waals surface area (Å²) in [6.45, 7) is 8.47. The van der Waals surface area contributed by atoms with E-state index in [0.717, 1.165) is 17.3 Å². The van der Waals surface area contributed by atoms with Crippen molar-refractivity contribution in [1.82, 2.24) is 10.2 Å². The molecule has 8 heteroatoms. The van der Waals surface area contributed by atoms with E-state index in [1.54, 1.807) is 4.90 Å². The van der Waals surface area contributed by atoms with Crippen molar-refractivity contribution in [1.29, 1.82) is 0 Å². The van der Waals surface area contributed by atoms with Gasteiger partial charge in [0.05, 0.1) is 13.2 Å². The van der Waals surface area contributed by atoms with Gasteiger partial charge in [-0.05, 0) is 31.4 Å². The number of carbonyl (C=O) groups is 1. The van der Waals surface area contributed by atoms with Gasteiger partial charge < -0.3 is 20.7 Å². The van der Waals surface area contributed by atoms with E-state index in [2.05, 4.69) is 46.2 Å². The molecule has 0 bridgehead atoms. The Hall–Kier alpha value is -1.03. The minimum Gasteiger partial charge on any atom is -0.450 e. The molecule has 1 aliphatic rings. The summed E-state index contributed by atoms with van der Waals surface area (Å²) in [5, 5.41) is 3.29. The van der Waals surface area contributed by atoms with Gasteiger partial charge in [0.25, 0.3) is 0 Å². The normalized spacial score (nSPS) is 15.9. The average molecular weight is 553 g/mol. The summed E-state index contributed by atoms with van der Waals surface area (Å²) in [6.07, 6.45) is 1.44. The van der Waals surface area contributed by atoms with Crippen molar-refractivity contribution in [2.45, 2.75) is 45.1 Å². The number of halogens is 2. The molecule has 0 aliphatic carbocycles. The molecule has 1 aromatic carbocycles. The molecule has 0 atom stereocenters. The Morgan fingerprint density at radius 1 is 1.37 bits per heavy atom. The summed E-state index contributed by atoms with van der Waals surface area (Å²) in [7, 11) is 0. The molecule has 1 aliphatic heterocycles. The van der Waals surface area contributed by atoms with Crippen molar-refractivity contribution in [2.75, 3.05) is 26.2 Å². The van der Waals surface area contributed by atoms with Gasteiger partial charge in [-0.2, -0.15) is 0 Å². The van der Waals surface area contributed by atoms with Gasteiger partial charge in [-0.25, -0.2) is 4.79 Å². The standard InChI is InChI=1S/C19H29BrN4O2.HI/c1-4-26-18(25)24-11-9-14(10-12-24)23-17(21)22-13-19(2,3)15-7-5-6-8-16(15)20;/h5-8,14H,4,9-13H2,1-3H3,(H3,21,22,23);1H. The molecule has 27 heavy (non-hydrogen) atoms. The first-order valence-corrected chi connectivity index (χ1v) is 9.86. The number of hydrogen-bond acceptors (Lipinski definition) is 3. The number of nitrogens with two attached hydrogens (primary N) is 1. The summed E-state index contributed by atoms with van der Waals surface area (Å²) in [6, 6.07) is 8.42. The minimum atomic E-state index is -0.234. The number of piperidine rings is 1. The Kier molecular flexibility index (Phi) is 9.86. The lowest BCUT2D eigenvalue weighted by atomic mass is 9.85. The fraction of sp³-hybridized carbons (Fsp3) is 0.579. The fourth-order valence-electron chi connectivity index (χ4n) is 3.05. The molecule has 0 radical (unpaired) electrons. The van der Waals surface area contributed by atoms with E-state index < -0.39 is 0 Å². The van der Waals surface area contributed by atoms with E-state index in [1.165, 1.54) is 5.56 Å². The number of guanidine groups is 1. The van der Waals surface area contributed by atoms with Gasteiger partial charge >= 0.3 is 6.09 Å². The van der Waals surface area contributed by atoms with Crippen LogP contribution in [0, 0.1) is 0 Å². The Bertz CT molecular complexity index is 646. The van der Waals surface area contributed by atoms with E-state index in [0.29, 0.717) is 32.2 Å². The van der Waals surface area contributed by atoms with Crippen LogP contribution in [0.15, 0.2) is 33.7 Å². The Morgan fingerprint density at radius 3 is 2.59 bits per heavy atom. The number of hydrogen-bond donors (Lipinski definition) is 2. The van der Waals surface area contributed by atoms with Crippen molar-refractivity contribution >= 4 is 52.0 Å². The Balaban J connectivity index is 0.00000364. The maximum atomic E-state index is 11.7. The lowest BCUT2D eigenvalue weighted by molar-refractivity contribution is 0.0963. The number of likely N-dealkylation sites (tertiary alicyclic amines) is 1. The Morgan fingerprint density at radius 2 is 2.00 bits per heavy atom. The van der Waals surface area contributed by atoms with E-state index in [4.69, 9.17) is 10.5 Å². The van der Waals surface area contributed by atoms with E-state index in [9.17, 15) is 4.79 Å². The van der Waals surface area contributed by atoms with Crippen LogP contribution in [0.3, 0.4) is 0 Å². The summed E-state index contributed by atoms with van der Waals surface area (Å²) in [5.41, 5.74) is 7.17. The minimum absolute atomic E-state index is 0. The first kappa shape index (κ1) is 24.0. The Labute approximate surface area is 187 Å². The molecule has 0 aromatic heterocycles. The summed E-state index contributed by atoms with van der Waals surface area (Å²) in [4.78, 5) is 18.0. The van der Waals surface area contributed by atoms with Crippen LogP contribution < -0.4 is 11.1 Å². The number of carbonyl (C=O) groups excluding carboxylic acids is 1. The van der Waals surface area contributed by atoms with Crippen molar-refractivity contribution in [3.8, 4) is 0 Å². The van der Waals surface area contributed by atoms with Crippen molar-refractivity contribution in [2.24, 2.45) is 10.7 Å².